The monoisotopic (exact) mass is 265 g/mol. The Morgan fingerprint density at radius 2 is 2.00 bits per heavy atom. The average molecular weight is 265 g/mol. The fourth-order valence-corrected chi connectivity index (χ4v) is 2.06. The van der Waals surface area contributed by atoms with Crippen molar-refractivity contribution in [1.82, 2.24) is 15.3 Å². The largest absolute Gasteiger partial charge is 0.348 e. The summed E-state index contributed by atoms with van der Waals surface area (Å²) in [5.41, 5.74) is 4.65. The summed E-state index contributed by atoms with van der Waals surface area (Å²) in [5, 5.41) is 2.91. The lowest BCUT2D eigenvalue weighted by Crippen LogP contribution is -2.22. The maximum Gasteiger partial charge on any atom is 0.251 e. The molecule has 1 heterocycles. The molecule has 0 aliphatic carbocycles. The van der Waals surface area contributed by atoms with Gasteiger partial charge in [0, 0.05) is 12.1 Å². The Balaban J connectivity index is 1.70. The van der Waals surface area contributed by atoms with Crippen molar-refractivity contribution < 1.29 is 4.79 Å². The van der Waals surface area contributed by atoms with E-state index in [1.807, 2.05) is 37.3 Å². The van der Waals surface area contributed by atoms with Crippen molar-refractivity contribution >= 4 is 16.9 Å². The highest BCUT2D eigenvalue weighted by molar-refractivity contribution is 5.97. The van der Waals surface area contributed by atoms with Crippen LogP contribution in [0.4, 0.5) is 0 Å². The quantitative estimate of drug-likeness (QED) is 0.765. The van der Waals surface area contributed by atoms with Crippen LogP contribution in [0.3, 0.4) is 0 Å². The molecule has 0 bridgehead atoms. The van der Waals surface area contributed by atoms with Crippen LogP contribution in [0.15, 0.2) is 48.8 Å². The Labute approximate surface area is 116 Å². The number of nitrogens with zero attached hydrogens (tertiary/aromatic N) is 1. The average Bonchev–Trinajstić information content (AvgIpc) is 2.93. The molecular formula is C16H15N3O. The van der Waals surface area contributed by atoms with Crippen LogP contribution in [-0.2, 0) is 6.54 Å². The Hall–Kier alpha value is -2.62. The van der Waals surface area contributed by atoms with Gasteiger partial charge in [-0.15, -0.1) is 0 Å². The lowest BCUT2D eigenvalue weighted by Gasteiger charge is -2.06. The van der Waals surface area contributed by atoms with Gasteiger partial charge in [0.05, 0.1) is 17.4 Å². The van der Waals surface area contributed by atoms with E-state index in [0.717, 1.165) is 16.6 Å². The fraction of sp³-hybridized carbons (Fsp3) is 0.125. The standard InChI is InChI=1S/C16H15N3O/c1-11-2-4-12(5-3-11)9-17-16(20)13-6-7-14-15(8-13)19-10-18-14/h2-8,10H,9H2,1H3,(H,17,20)(H,18,19). The summed E-state index contributed by atoms with van der Waals surface area (Å²) in [7, 11) is 0. The van der Waals surface area contributed by atoms with Crippen LogP contribution in [-0.4, -0.2) is 15.9 Å². The predicted octanol–water partition coefficient (Wildman–Crippen LogP) is 2.80. The molecule has 0 aliphatic heterocycles. The van der Waals surface area contributed by atoms with Gasteiger partial charge in [-0.05, 0) is 30.7 Å². The number of fused-ring (bicyclic) bond motifs is 1. The van der Waals surface area contributed by atoms with Gasteiger partial charge in [-0.2, -0.15) is 0 Å². The molecule has 0 saturated carbocycles. The van der Waals surface area contributed by atoms with Gasteiger partial charge in [-0.1, -0.05) is 29.8 Å². The maximum atomic E-state index is 12.1. The molecule has 0 unspecified atom stereocenters. The molecule has 2 N–H and O–H groups in total. The zero-order chi connectivity index (χ0) is 13.9. The van der Waals surface area contributed by atoms with Crippen LogP contribution in [0.25, 0.3) is 11.0 Å². The number of imidazole rings is 1. The van der Waals surface area contributed by atoms with Crippen LogP contribution in [0, 0.1) is 6.92 Å². The second-order valence-electron chi connectivity index (χ2n) is 4.80. The highest BCUT2D eigenvalue weighted by atomic mass is 16.1. The Kier molecular flexibility index (Phi) is 3.21. The molecule has 0 radical (unpaired) electrons. The summed E-state index contributed by atoms with van der Waals surface area (Å²) in [6.45, 7) is 2.57. The number of hydrogen-bond donors (Lipinski definition) is 2. The number of amides is 1. The number of hydrogen-bond acceptors (Lipinski definition) is 2. The molecule has 3 rings (SSSR count). The first-order valence-electron chi connectivity index (χ1n) is 6.49. The van der Waals surface area contributed by atoms with Crippen LogP contribution in [0.1, 0.15) is 21.5 Å². The zero-order valence-electron chi connectivity index (χ0n) is 11.2. The van der Waals surface area contributed by atoms with Crippen LogP contribution in [0.2, 0.25) is 0 Å². The molecule has 0 saturated heterocycles. The summed E-state index contributed by atoms with van der Waals surface area (Å²) in [5.74, 6) is -0.0875. The van der Waals surface area contributed by atoms with Gasteiger partial charge in [0.15, 0.2) is 0 Å². The van der Waals surface area contributed by atoms with Gasteiger partial charge in [-0.3, -0.25) is 4.79 Å². The van der Waals surface area contributed by atoms with E-state index in [-0.39, 0.29) is 5.91 Å². The number of carbonyl (C=O) groups excluding carboxylic acids is 1. The number of aromatic amines is 1. The third-order valence-electron chi connectivity index (χ3n) is 3.26. The maximum absolute atomic E-state index is 12.1. The van der Waals surface area contributed by atoms with E-state index >= 15 is 0 Å². The second kappa shape index (κ2) is 5.17. The topological polar surface area (TPSA) is 57.8 Å². The molecule has 0 aliphatic rings. The summed E-state index contributed by atoms with van der Waals surface area (Å²) in [6.07, 6.45) is 1.62. The molecule has 2 aromatic carbocycles. The van der Waals surface area contributed by atoms with E-state index in [2.05, 4.69) is 15.3 Å². The number of nitrogens with one attached hydrogen (secondary N) is 2. The van der Waals surface area contributed by atoms with E-state index in [4.69, 9.17) is 0 Å². The Morgan fingerprint density at radius 1 is 1.20 bits per heavy atom. The van der Waals surface area contributed by atoms with Gasteiger partial charge in [0.25, 0.3) is 5.91 Å². The van der Waals surface area contributed by atoms with E-state index in [0.29, 0.717) is 12.1 Å². The van der Waals surface area contributed by atoms with E-state index < -0.39 is 0 Å². The molecule has 4 nitrogen and oxygen atoms in total. The van der Waals surface area contributed by atoms with E-state index in [1.165, 1.54) is 5.56 Å². The molecule has 4 heteroatoms. The van der Waals surface area contributed by atoms with Crippen molar-refractivity contribution in [3.05, 3.63) is 65.5 Å². The van der Waals surface area contributed by atoms with Crippen molar-refractivity contribution in [2.75, 3.05) is 0 Å². The van der Waals surface area contributed by atoms with Gasteiger partial charge in [-0.25, -0.2) is 4.98 Å². The van der Waals surface area contributed by atoms with Crippen molar-refractivity contribution in [2.24, 2.45) is 0 Å². The fourth-order valence-electron chi connectivity index (χ4n) is 2.06. The molecule has 1 aromatic heterocycles. The van der Waals surface area contributed by atoms with Gasteiger partial charge >= 0.3 is 0 Å². The highest BCUT2D eigenvalue weighted by Crippen LogP contribution is 2.11. The highest BCUT2D eigenvalue weighted by Gasteiger charge is 2.07. The number of H-pyrrole nitrogens is 1. The van der Waals surface area contributed by atoms with Gasteiger partial charge in [0.1, 0.15) is 0 Å². The second-order valence-corrected chi connectivity index (χ2v) is 4.80. The first-order valence-corrected chi connectivity index (χ1v) is 6.49. The zero-order valence-corrected chi connectivity index (χ0v) is 11.2. The summed E-state index contributed by atoms with van der Waals surface area (Å²) >= 11 is 0. The molecule has 0 spiro atoms. The minimum absolute atomic E-state index is 0.0875. The first-order chi connectivity index (χ1) is 9.72. The van der Waals surface area contributed by atoms with Gasteiger partial charge < -0.3 is 10.3 Å². The van der Waals surface area contributed by atoms with Crippen LogP contribution in [0.5, 0.6) is 0 Å². The number of rotatable bonds is 3. The molecule has 0 atom stereocenters. The number of aromatic nitrogens is 2. The lowest BCUT2D eigenvalue weighted by atomic mass is 10.1. The molecule has 20 heavy (non-hydrogen) atoms. The smallest absolute Gasteiger partial charge is 0.251 e. The van der Waals surface area contributed by atoms with Crippen molar-refractivity contribution in [2.45, 2.75) is 13.5 Å². The number of benzene rings is 2. The van der Waals surface area contributed by atoms with E-state index in [9.17, 15) is 4.79 Å². The number of carbonyl (C=O) groups is 1. The molecule has 3 aromatic rings. The van der Waals surface area contributed by atoms with Crippen molar-refractivity contribution in [3.8, 4) is 0 Å². The normalized spacial score (nSPS) is 10.7. The first kappa shape index (κ1) is 12.4. The minimum atomic E-state index is -0.0875. The van der Waals surface area contributed by atoms with Crippen LogP contribution >= 0.6 is 0 Å². The molecule has 0 fully saturated rings. The number of aryl methyl sites for hydroxylation is 1. The molecular weight excluding hydrogens is 250 g/mol. The third-order valence-corrected chi connectivity index (χ3v) is 3.26. The summed E-state index contributed by atoms with van der Waals surface area (Å²) in [4.78, 5) is 19.3. The summed E-state index contributed by atoms with van der Waals surface area (Å²) in [6, 6.07) is 13.6. The SMILES string of the molecule is Cc1ccc(CNC(=O)c2ccc3[nH]cnc3c2)cc1. The Bertz CT molecular complexity index is 744. The Morgan fingerprint density at radius 3 is 2.80 bits per heavy atom. The van der Waals surface area contributed by atoms with Crippen molar-refractivity contribution in [3.63, 3.8) is 0 Å². The van der Waals surface area contributed by atoms with Gasteiger partial charge in [0.2, 0.25) is 0 Å². The van der Waals surface area contributed by atoms with E-state index in [1.54, 1.807) is 18.5 Å². The third kappa shape index (κ3) is 2.54. The lowest BCUT2D eigenvalue weighted by molar-refractivity contribution is 0.0951. The minimum Gasteiger partial charge on any atom is -0.348 e. The van der Waals surface area contributed by atoms with Crippen LogP contribution < -0.4 is 5.32 Å². The predicted molar refractivity (Wildman–Crippen MR) is 78.4 cm³/mol. The molecule has 1 amide bonds. The summed E-state index contributed by atoms with van der Waals surface area (Å²) < 4.78 is 0. The molecule has 100 valence electrons. The van der Waals surface area contributed by atoms with Crippen molar-refractivity contribution in [1.29, 1.82) is 0 Å².